The average molecular weight is 192 g/mol. The van der Waals surface area contributed by atoms with Crippen LogP contribution >= 0.6 is 0 Å². The predicted octanol–water partition coefficient (Wildman–Crippen LogP) is 1.85. The third kappa shape index (κ3) is 1.63. The molecule has 3 nitrogen and oxygen atoms in total. The fraction of sp³-hybridized carbons (Fsp3) is 0.364. The van der Waals surface area contributed by atoms with Crippen molar-refractivity contribution >= 4 is 5.97 Å². The summed E-state index contributed by atoms with van der Waals surface area (Å²) in [6, 6.07) is 5.54. The van der Waals surface area contributed by atoms with Gasteiger partial charge in [0.2, 0.25) is 0 Å². The highest BCUT2D eigenvalue weighted by Gasteiger charge is 2.26. The van der Waals surface area contributed by atoms with Crippen LogP contribution in [0.5, 0.6) is 0 Å². The van der Waals surface area contributed by atoms with Crippen molar-refractivity contribution in [2.24, 2.45) is 0 Å². The molecule has 1 aromatic carbocycles. The van der Waals surface area contributed by atoms with Crippen LogP contribution in [-0.4, -0.2) is 19.7 Å². The average Bonchev–Trinajstić information content (AvgIpc) is 3.00. The van der Waals surface area contributed by atoms with Crippen LogP contribution < -0.4 is 0 Å². The van der Waals surface area contributed by atoms with E-state index in [1.54, 1.807) is 6.07 Å². The normalized spacial score (nSPS) is 19.1. The summed E-state index contributed by atoms with van der Waals surface area (Å²) in [5, 5.41) is 0. The van der Waals surface area contributed by atoms with Gasteiger partial charge in [-0.3, -0.25) is 0 Å². The van der Waals surface area contributed by atoms with Crippen molar-refractivity contribution in [2.75, 3.05) is 13.7 Å². The summed E-state index contributed by atoms with van der Waals surface area (Å²) in [6.45, 7) is 2.77. The second-order valence-corrected chi connectivity index (χ2v) is 3.38. The van der Waals surface area contributed by atoms with Crippen molar-refractivity contribution in [3.8, 4) is 0 Å². The molecule has 0 aliphatic carbocycles. The molecule has 0 saturated carbocycles. The van der Waals surface area contributed by atoms with Crippen molar-refractivity contribution in [3.05, 3.63) is 34.9 Å². The SMILES string of the molecule is COC(=O)c1ccc(C2CO2)c(C)c1. The second kappa shape index (κ2) is 3.42. The maximum Gasteiger partial charge on any atom is 0.337 e. The summed E-state index contributed by atoms with van der Waals surface area (Å²) < 4.78 is 9.82. The minimum absolute atomic E-state index is 0.238. The number of ether oxygens (including phenoxy) is 2. The van der Waals surface area contributed by atoms with Crippen LogP contribution in [0.3, 0.4) is 0 Å². The van der Waals surface area contributed by atoms with Gasteiger partial charge in [-0.05, 0) is 30.2 Å². The molecule has 0 amide bonds. The largest absolute Gasteiger partial charge is 0.465 e. The van der Waals surface area contributed by atoms with E-state index in [0.717, 1.165) is 17.7 Å². The Morgan fingerprint density at radius 2 is 2.29 bits per heavy atom. The third-order valence-corrected chi connectivity index (χ3v) is 2.37. The van der Waals surface area contributed by atoms with E-state index < -0.39 is 0 Å². The van der Waals surface area contributed by atoms with E-state index in [1.165, 1.54) is 7.11 Å². The predicted molar refractivity (Wildman–Crippen MR) is 51.2 cm³/mol. The first-order valence-corrected chi connectivity index (χ1v) is 4.53. The number of aryl methyl sites for hydroxylation is 1. The highest BCUT2D eigenvalue weighted by Crippen LogP contribution is 2.32. The van der Waals surface area contributed by atoms with Crippen LogP contribution in [-0.2, 0) is 9.47 Å². The molecular formula is C11H12O3. The number of esters is 1. The number of hydrogen-bond donors (Lipinski definition) is 0. The molecule has 1 unspecified atom stereocenters. The highest BCUT2D eigenvalue weighted by molar-refractivity contribution is 5.89. The van der Waals surface area contributed by atoms with Gasteiger partial charge in [-0.25, -0.2) is 4.79 Å². The first kappa shape index (κ1) is 9.21. The van der Waals surface area contributed by atoms with Gasteiger partial charge in [0, 0.05) is 0 Å². The Kier molecular flexibility index (Phi) is 2.25. The molecule has 2 rings (SSSR count). The van der Waals surface area contributed by atoms with Gasteiger partial charge in [0.25, 0.3) is 0 Å². The molecule has 0 spiro atoms. The zero-order valence-electron chi connectivity index (χ0n) is 8.24. The quantitative estimate of drug-likeness (QED) is 0.530. The fourth-order valence-corrected chi connectivity index (χ4v) is 1.51. The van der Waals surface area contributed by atoms with Gasteiger partial charge in [0.15, 0.2) is 0 Å². The molecule has 14 heavy (non-hydrogen) atoms. The smallest absolute Gasteiger partial charge is 0.337 e. The van der Waals surface area contributed by atoms with Crippen LogP contribution in [0.15, 0.2) is 18.2 Å². The van der Waals surface area contributed by atoms with E-state index in [1.807, 2.05) is 19.1 Å². The summed E-state index contributed by atoms with van der Waals surface area (Å²) in [5.74, 6) is -0.295. The molecule has 0 N–H and O–H groups in total. The minimum atomic E-state index is -0.295. The Morgan fingerprint density at radius 1 is 1.57 bits per heavy atom. The molecule has 1 aromatic rings. The van der Waals surface area contributed by atoms with E-state index in [0.29, 0.717) is 5.56 Å². The highest BCUT2D eigenvalue weighted by atomic mass is 16.6. The number of benzene rings is 1. The van der Waals surface area contributed by atoms with Crippen molar-refractivity contribution in [3.63, 3.8) is 0 Å². The summed E-state index contributed by atoms with van der Waals surface area (Å²) in [4.78, 5) is 11.2. The first-order valence-electron chi connectivity index (χ1n) is 4.53. The third-order valence-electron chi connectivity index (χ3n) is 2.37. The maximum atomic E-state index is 11.2. The topological polar surface area (TPSA) is 38.8 Å². The minimum Gasteiger partial charge on any atom is -0.465 e. The zero-order valence-corrected chi connectivity index (χ0v) is 8.24. The molecule has 0 radical (unpaired) electrons. The Bertz CT molecular complexity index is 367. The van der Waals surface area contributed by atoms with Gasteiger partial charge < -0.3 is 9.47 Å². The molecule has 1 saturated heterocycles. The molecule has 0 aromatic heterocycles. The Morgan fingerprint density at radius 3 is 2.79 bits per heavy atom. The van der Waals surface area contributed by atoms with Crippen molar-refractivity contribution in [1.29, 1.82) is 0 Å². The molecule has 1 heterocycles. The number of rotatable bonds is 2. The standard InChI is InChI=1S/C11H12O3/c1-7-5-8(11(12)13-2)3-4-9(7)10-6-14-10/h3-5,10H,6H2,1-2H3. The first-order chi connectivity index (χ1) is 6.72. The van der Waals surface area contributed by atoms with E-state index in [9.17, 15) is 4.79 Å². The lowest BCUT2D eigenvalue weighted by molar-refractivity contribution is 0.0600. The molecule has 3 heteroatoms. The van der Waals surface area contributed by atoms with E-state index in [4.69, 9.17) is 4.74 Å². The summed E-state index contributed by atoms with van der Waals surface area (Å²) >= 11 is 0. The lowest BCUT2D eigenvalue weighted by Gasteiger charge is -2.04. The lowest BCUT2D eigenvalue weighted by atomic mass is 10.0. The van der Waals surface area contributed by atoms with Gasteiger partial charge >= 0.3 is 5.97 Å². The van der Waals surface area contributed by atoms with Crippen molar-refractivity contribution < 1.29 is 14.3 Å². The zero-order chi connectivity index (χ0) is 10.1. The molecule has 1 atom stereocenters. The molecular weight excluding hydrogens is 180 g/mol. The lowest BCUT2D eigenvalue weighted by Crippen LogP contribution is -2.02. The molecule has 1 aliphatic rings. The number of methoxy groups -OCH3 is 1. The van der Waals surface area contributed by atoms with Gasteiger partial charge in [0.1, 0.15) is 6.10 Å². The van der Waals surface area contributed by atoms with Crippen LogP contribution in [0.1, 0.15) is 27.6 Å². The summed E-state index contributed by atoms with van der Waals surface area (Å²) in [6.07, 6.45) is 0.238. The van der Waals surface area contributed by atoms with Gasteiger partial charge in [-0.2, -0.15) is 0 Å². The van der Waals surface area contributed by atoms with E-state index in [2.05, 4.69) is 4.74 Å². The van der Waals surface area contributed by atoms with Gasteiger partial charge in [-0.15, -0.1) is 0 Å². The van der Waals surface area contributed by atoms with Crippen LogP contribution in [0.2, 0.25) is 0 Å². The fourth-order valence-electron chi connectivity index (χ4n) is 1.51. The van der Waals surface area contributed by atoms with Gasteiger partial charge in [-0.1, -0.05) is 6.07 Å². The summed E-state index contributed by atoms with van der Waals surface area (Å²) in [7, 11) is 1.38. The molecule has 1 fully saturated rings. The Hall–Kier alpha value is -1.35. The van der Waals surface area contributed by atoms with Crippen molar-refractivity contribution in [2.45, 2.75) is 13.0 Å². The molecule has 0 bridgehead atoms. The van der Waals surface area contributed by atoms with Crippen LogP contribution in [0.25, 0.3) is 0 Å². The number of epoxide rings is 1. The Labute approximate surface area is 82.6 Å². The maximum absolute atomic E-state index is 11.2. The molecule has 1 aliphatic heterocycles. The number of carbonyl (C=O) groups is 1. The monoisotopic (exact) mass is 192 g/mol. The summed E-state index contributed by atoms with van der Waals surface area (Å²) in [5.41, 5.74) is 2.84. The van der Waals surface area contributed by atoms with Crippen LogP contribution in [0.4, 0.5) is 0 Å². The van der Waals surface area contributed by atoms with Crippen LogP contribution in [0, 0.1) is 6.92 Å². The van der Waals surface area contributed by atoms with Gasteiger partial charge in [0.05, 0.1) is 19.3 Å². The number of carbonyl (C=O) groups excluding carboxylic acids is 1. The van der Waals surface area contributed by atoms with E-state index >= 15 is 0 Å². The second-order valence-electron chi connectivity index (χ2n) is 3.38. The van der Waals surface area contributed by atoms with E-state index in [-0.39, 0.29) is 12.1 Å². The Balaban J connectivity index is 2.30. The molecule has 74 valence electrons. The number of hydrogen-bond acceptors (Lipinski definition) is 3. The van der Waals surface area contributed by atoms with Crippen molar-refractivity contribution in [1.82, 2.24) is 0 Å².